The number of anilines is 1. The molecule has 0 radical (unpaired) electrons. The predicted molar refractivity (Wildman–Crippen MR) is 68.5 cm³/mol. The number of phenolic OH excluding ortho intramolecular Hbond substituents is 1. The molecule has 1 aromatic carbocycles. The Balaban J connectivity index is 2.29. The zero-order valence-corrected chi connectivity index (χ0v) is 11.0. The lowest BCUT2D eigenvalue weighted by atomic mass is 9.85. The van der Waals surface area contributed by atoms with E-state index in [1.165, 1.54) is 0 Å². The number of carbonyl (C=O) groups excluding carboxylic acids is 1. The van der Waals surface area contributed by atoms with E-state index in [1.807, 2.05) is 5.92 Å². The Bertz CT molecular complexity index is 716. The van der Waals surface area contributed by atoms with Crippen molar-refractivity contribution in [1.29, 1.82) is 0 Å². The number of aromatic hydroxyl groups is 1. The third kappa shape index (κ3) is 2.13. The summed E-state index contributed by atoms with van der Waals surface area (Å²) in [7, 11) is 0. The molecule has 0 aromatic heterocycles. The summed E-state index contributed by atoms with van der Waals surface area (Å²) in [6.07, 6.45) is -3.72. The predicted octanol–water partition coefficient (Wildman–Crippen LogP) is 2.84. The molecule has 1 aliphatic carbocycles. The fraction of sp³-hybridized carbons (Fsp3) is 0.357. The largest absolute Gasteiger partial charge is 0.505 e. The molecule has 2 amide bonds. The van der Waals surface area contributed by atoms with Gasteiger partial charge in [-0.25, -0.2) is 9.18 Å². The Morgan fingerprint density at radius 2 is 2.00 bits per heavy atom. The van der Waals surface area contributed by atoms with Crippen molar-refractivity contribution in [2.24, 2.45) is 5.92 Å². The van der Waals surface area contributed by atoms with Crippen LogP contribution in [0.2, 0.25) is 0 Å². The first-order chi connectivity index (χ1) is 10.2. The van der Waals surface area contributed by atoms with Gasteiger partial charge >= 0.3 is 12.2 Å². The lowest BCUT2D eigenvalue weighted by molar-refractivity contribution is -0.179. The van der Waals surface area contributed by atoms with Crippen LogP contribution in [0.4, 0.5) is 28.0 Å². The number of halogens is 4. The number of fused-ring (bicyclic) bond motifs is 1. The second kappa shape index (κ2) is 4.53. The minimum Gasteiger partial charge on any atom is -0.505 e. The van der Waals surface area contributed by atoms with Gasteiger partial charge in [0.25, 0.3) is 0 Å². The van der Waals surface area contributed by atoms with Crippen molar-refractivity contribution >= 4 is 11.7 Å². The molecule has 22 heavy (non-hydrogen) atoms. The number of rotatable bonds is 0. The average Bonchev–Trinajstić information content (AvgIpc) is 3.23. The highest BCUT2D eigenvalue weighted by molar-refractivity contribution is 5.95. The van der Waals surface area contributed by atoms with Crippen LogP contribution in [0.25, 0.3) is 0 Å². The third-order valence-corrected chi connectivity index (χ3v) is 3.51. The van der Waals surface area contributed by atoms with Crippen molar-refractivity contribution in [1.82, 2.24) is 5.32 Å². The second-order valence-electron chi connectivity index (χ2n) is 5.19. The Kier molecular flexibility index (Phi) is 2.99. The molecule has 8 heteroatoms. The number of hydrogen-bond donors (Lipinski definition) is 3. The van der Waals surface area contributed by atoms with Crippen molar-refractivity contribution in [2.75, 3.05) is 5.32 Å². The molecule has 0 bridgehead atoms. The van der Waals surface area contributed by atoms with Gasteiger partial charge < -0.3 is 15.7 Å². The molecule has 1 heterocycles. The number of urea groups is 1. The van der Waals surface area contributed by atoms with Gasteiger partial charge in [0.15, 0.2) is 11.6 Å². The van der Waals surface area contributed by atoms with E-state index in [-0.39, 0.29) is 11.6 Å². The highest BCUT2D eigenvalue weighted by Gasteiger charge is 2.61. The lowest BCUT2D eigenvalue weighted by Crippen LogP contribution is -2.59. The van der Waals surface area contributed by atoms with Crippen LogP contribution in [0, 0.1) is 23.6 Å². The Morgan fingerprint density at radius 3 is 2.59 bits per heavy atom. The van der Waals surface area contributed by atoms with E-state index in [1.54, 1.807) is 5.32 Å². The van der Waals surface area contributed by atoms with Crippen LogP contribution in [0.3, 0.4) is 0 Å². The van der Waals surface area contributed by atoms with Crippen LogP contribution in [0.5, 0.6) is 5.75 Å². The summed E-state index contributed by atoms with van der Waals surface area (Å²) in [4.78, 5) is 11.6. The van der Waals surface area contributed by atoms with Gasteiger partial charge in [0, 0.05) is 5.92 Å². The van der Waals surface area contributed by atoms with Crippen molar-refractivity contribution in [3.05, 3.63) is 23.5 Å². The first-order valence-electron chi connectivity index (χ1n) is 6.45. The highest BCUT2D eigenvalue weighted by Crippen LogP contribution is 2.46. The van der Waals surface area contributed by atoms with Gasteiger partial charge in [-0.05, 0) is 25.0 Å². The number of amides is 2. The smallest absolute Gasteiger partial charge is 0.427 e. The van der Waals surface area contributed by atoms with Crippen LogP contribution in [-0.4, -0.2) is 17.3 Å². The van der Waals surface area contributed by atoms with Crippen molar-refractivity contribution in [3.63, 3.8) is 0 Å². The van der Waals surface area contributed by atoms with Gasteiger partial charge in [0.2, 0.25) is 5.54 Å². The summed E-state index contributed by atoms with van der Waals surface area (Å²) in [6, 6.07) is 0.737. The van der Waals surface area contributed by atoms with Crippen LogP contribution >= 0.6 is 0 Å². The van der Waals surface area contributed by atoms with E-state index in [4.69, 9.17) is 0 Å². The minimum absolute atomic E-state index is 0.185. The summed E-state index contributed by atoms with van der Waals surface area (Å²) >= 11 is 0. The number of carbonyl (C=O) groups is 1. The van der Waals surface area contributed by atoms with Crippen LogP contribution < -0.4 is 10.6 Å². The zero-order chi connectivity index (χ0) is 16.1. The molecule has 3 N–H and O–H groups in total. The molecule has 0 unspecified atom stereocenters. The highest BCUT2D eigenvalue weighted by atomic mass is 19.4. The Hall–Kier alpha value is -2.43. The standard InChI is InChI=1S/C14H10F4N2O2/c15-11-9(21)4-3-8-10(11)13(14(16,17)18,20-12(22)19-8)6-5-7-1-2-7/h3-4,7,21H,1-2H2,(H2,19,20,22)/t13-/m0/s1. The average molecular weight is 314 g/mol. The van der Waals surface area contributed by atoms with Gasteiger partial charge in [0.1, 0.15) is 0 Å². The van der Waals surface area contributed by atoms with E-state index in [2.05, 4.69) is 11.2 Å². The fourth-order valence-electron chi connectivity index (χ4n) is 2.24. The molecule has 1 fully saturated rings. The van der Waals surface area contributed by atoms with Crippen molar-refractivity contribution in [3.8, 4) is 17.6 Å². The molecule has 1 aliphatic heterocycles. The maximum Gasteiger partial charge on any atom is 0.427 e. The third-order valence-electron chi connectivity index (χ3n) is 3.51. The molecule has 1 aromatic rings. The molecule has 116 valence electrons. The second-order valence-corrected chi connectivity index (χ2v) is 5.19. The van der Waals surface area contributed by atoms with Crippen molar-refractivity contribution < 1.29 is 27.5 Å². The van der Waals surface area contributed by atoms with Gasteiger partial charge in [-0.15, -0.1) is 0 Å². The quantitative estimate of drug-likeness (QED) is 0.392. The van der Waals surface area contributed by atoms with E-state index in [0.717, 1.165) is 12.1 Å². The lowest BCUT2D eigenvalue weighted by Gasteiger charge is -2.37. The van der Waals surface area contributed by atoms with Gasteiger partial charge in [0.05, 0.1) is 11.3 Å². The molecule has 0 spiro atoms. The van der Waals surface area contributed by atoms with E-state index in [0.29, 0.717) is 12.8 Å². The summed E-state index contributed by atoms with van der Waals surface area (Å²) < 4.78 is 55.1. The zero-order valence-electron chi connectivity index (χ0n) is 11.0. The van der Waals surface area contributed by atoms with Gasteiger partial charge in [-0.2, -0.15) is 13.2 Å². The van der Waals surface area contributed by atoms with E-state index >= 15 is 0 Å². The Labute approximate surface area is 122 Å². The first kappa shape index (κ1) is 14.5. The van der Waals surface area contributed by atoms with Crippen LogP contribution in [0.15, 0.2) is 12.1 Å². The SMILES string of the molecule is O=C1Nc2ccc(O)c(F)c2[C@@](C#CC2CC2)(C(F)(F)F)N1. The summed E-state index contributed by atoms with van der Waals surface area (Å²) in [5.41, 5.74) is -4.48. The molecule has 2 aliphatic rings. The molecule has 1 saturated carbocycles. The van der Waals surface area contributed by atoms with Crippen LogP contribution in [0.1, 0.15) is 18.4 Å². The minimum atomic E-state index is -5.06. The van der Waals surface area contributed by atoms with Gasteiger partial charge in [-0.3, -0.25) is 0 Å². The Morgan fingerprint density at radius 1 is 1.32 bits per heavy atom. The molecule has 1 atom stereocenters. The number of hydrogen-bond acceptors (Lipinski definition) is 2. The number of alkyl halides is 3. The van der Waals surface area contributed by atoms with E-state index in [9.17, 15) is 27.5 Å². The molecular formula is C14H10F4N2O2. The van der Waals surface area contributed by atoms with E-state index < -0.39 is 34.9 Å². The molecule has 3 rings (SSSR count). The number of benzene rings is 1. The number of phenols is 1. The van der Waals surface area contributed by atoms with Crippen molar-refractivity contribution in [2.45, 2.75) is 24.6 Å². The summed E-state index contributed by atoms with van der Waals surface area (Å²) in [5.74, 6) is 1.82. The normalized spacial score (nSPS) is 23.7. The molecular weight excluding hydrogens is 304 g/mol. The summed E-state index contributed by atoms with van der Waals surface area (Å²) in [6.45, 7) is 0. The topological polar surface area (TPSA) is 61.4 Å². The molecule has 0 saturated heterocycles. The van der Waals surface area contributed by atoms with Gasteiger partial charge in [-0.1, -0.05) is 11.8 Å². The first-order valence-corrected chi connectivity index (χ1v) is 6.45. The monoisotopic (exact) mass is 314 g/mol. The summed E-state index contributed by atoms with van der Waals surface area (Å²) in [5, 5.41) is 13.2. The number of nitrogens with one attached hydrogen (secondary N) is 2. The molecule has 4 nitrogen and oxygen atoms in total. The van der Waals surface area contributed by atoms with Crippen LogP contribution in [-0.2, 0) is 5.54 Å². The fourth-order valence-corrected chi connectivity index (χ4v) is 2.24. The maximum atomic E-state index is 14.2. The maximum absolute atomic E-state index is 14.2.